The van der Waals surface area contributed by atoms with E-state index < -0.39 is 0 Å². The Bertz CT molecular complexity index is 617. The van der Waals surface area contributed by atoms with Crippen LogP contribution < -0.4 is 11.1 Å². The van der Waals surface area contributed by atoms with Crippen molar-refractivity contribution in [3.05, 3.63) is 65.5 Å². The maximum Gasteiger partial charge on any atom is 0.250 e. The molecular formula is C16H17FN2O2. The predicted octanol–water partition coefficient (Wildman–Crippen LogP) is 2.44. The maximum absolute atomic E-state index is 13.4. The van der Waals surface area contributed by atoms with Crippen LogP contribution in [0.25, 0.3) is 0 Å². The molecule has 3 N–H and O–H groups in total. The van der Waals surface area contributed by atoms with Gasteiger partial charge in [-0.3, -0.25) is 4.79 Å². The third-order valence-corrected chi connectivity index (χ3v) is 2.90. The third kappa shape index (κ3) is 4.66. The third-order valence-electron chi connectivity index (χ3n) is 2.90. The van der Waals surface area contributed by atoms with Crippen LogP contribution in [0.2, 0.25) is 0 Å². The van der Waals surface area contributed by atoms with E-state index in [1.54, 1.807) is 30.3 Å². The molecule has 0 unspecified atom stereocenters. The van der Waals surface area contributed by atoms with Crippen LogP contribution in [0.4, 0.5) is 10.1 Å². The van der Waals surface area contributed by atoms with Crippen molar-refractivity contribution in [3.63, 3.8) is 0 Å². The van der Waals surface area contributed by atoms with Crippen molar-refractivity contribution >= 4 is 11.6 Å². The van der Waals surface area contributed by atoms with E-state index in [0.29, 0.717) is 17.8 Å². The molecule has 0 spiro atoms. The zero-order valence-electron chi connectivity index (χ0n) is 11.5. The zero-order chi connectivity index (χ0) is 15.1. The molecule has 0 saturated carbocycles. The van der Waals surface area contributed by atoms with Gasteiger partial charge >= 0.3 is 0 Å². The van der Waals surface area contributed by atoms with Gasteiger partial charge in [-0.1, -0.05) is 30.3 Å². The number of hydrogen-bond donors (Lipinski definition) is 2. The van der Waals surface area contributed by atoms with Gasteiger partial charge in [-0.2, -0.15) is 0 Å². The number of halogens is 1. The molecule has 2 rings (SSSR count). The summed E-state index contributed by atoms with van der Waals surface area (Å²) < 4.78 is 18.6. The van der Waals surface area contributed by atoms with E-state index in [9.17, 15) is 9.18 Å². The van der Waals surface area contributed by atoms with Crippen LogP contribution in [0.5, 0.6) is 0 Å². The van der Waals surface area contributed by atoms with Gasteiger partial charge in [-0.05, 0) is 23.8 Å². The number of ether oxygens (including phenoxy) is 1. The Hall–Kier alpha value is -2.24. The number of nitrogens with one attached hydrogen (secondary N) is 1. The second-order valence-corrected chi connectivity index (χ2v) is 4.54. The smallest absolute Gasteiger partial charge is 0.250 e. The molecule has 0 bridgehead atoms. The van der Waals surface area contributed by atoms with Crippen molar-refractivity contribution in [2.45, 2.75) is 13.2 Å². The van der Waals surface area contributed by atoms with Gasteiger partial charge in [0.25, 0.3) is 0 Å². The van der Waals surface area contributed by atoms with Gasteiger partial charge in [0, 0.05) is 17.8 Å². The molecule has 0 aromatic heterocycles. The van der Waals surface area contributed by atoms with Crippen LogP contribution in [0.3, 0.4) is 0 Å². The van der Waals surface area contributed by atoms with E-state index >= 15 is 0 Å². The lowest BCUT2D eigenvalue weighted by atomic mass is 10.2. The van der Waals surface area contributed by atoms with Gasteiger partial charge in [0.1, 0.15) is 12.4 Å². The standard InChI is InChI=1S/C16H17FN2O2/c17-15-7-2-1-5-13(15)10-21-11-16(20)19-14-6-3-4-12(8-14)9-18/h1-8H,9-11,18H2,(H,19,20). The fourth-order valence-corrected chi connectivity index (χ4v) is 1.84. The summed E-state index contributed by atoms with van der Waals surface area (Å²) >= 11 is 0. The summed E-state index contributed by atoms with van der Waals surface area (Å²) in [5.41, 5.74) is 7.56. The second-order valence-electron chi connectivity index (χ2n) is 4.54. The Labute approximate surface area is 122 Å². The number of carbonyl (C=O) groups excluding carboxylic acids is 1. The minimum absolute atomic E-state index is 0.0585. The number of benzene rings is 2. The SMILES string of the molecule is NCc1cccc(NC(=O)COCc2ccccc2F)c1. The second kappa shape index (κ2) is 7.52. The first-order valence-corrected chi connectivity index (χ1v) is 6.59. The fourth-order valence-electron chi connectivity index (χ4n) is 1.84. The minimum Gasteiger partial charge on any atom is -0.367 e. The van der Waals surface area contributed by atoms with E-state index in [-0.39, 0.29) is 24.9 Å². The Morgan fingerprint density at radius 2 is 2.00 bits per heavy atom. The van der Waals surface area contributed by atoms with Gasteiger partial charge in [0.05, 0.1) is 6.61 Å². The van der Waals surface area contributed by atoms with Gasteiger partial charge < -0.3 is 15.8 Å². The number of carbonyl (C=O) groups is 1. The summed E-state index contributed by atoms with van der Waals surface area (Å²) in [4.78, 5) is 11.7. The number of anilines is 1. The molecule has 0 heterocycles. The first kappa shape index (κ1) is 15.2. The lowest BCUT2D eigenvalue weighted by Gasteiger charge is -2.08. The molecule has 5 heteroatoms. The molecule has 2 aromatic carbocycles. The van der Waals surface area contributed by atoms with Gasteiger partial charge in [-0.25, -0.2) is 4.39 Å². The molecule has 0 aliphatic heterocycles. The Balaban J connectivity index is 1.81. The molecule has 0 aliphatic rings. The summed E-state index contributed by atoms with van der Waals surface area (Å²) in [7, 11) is 0. The number of amides is 1. The highest BCUT2D eigenvalue weighted by Gasteiger charge is 2.05. The van der Waals surface area contributed by atoms with Crippen molar-refractivity contribution < 1.29 is 13.9 Å². The first-order chi connectivity index (χ1) is 10.2. The van der Waals surface area contributed by atoms with E-state index in [2.05, 4.69) is 5.32 Å². The van der Waals surface area contributed by atoms with E-state index in [1.165, 1.54) is 6.07 Å². The van der Waals surface area contributed by atoms with Crippen LogP contribution in [-0.2, 0) is 22.7 Å². The van der Waals surface area contributed by atoms with Crippen molar-refractivity contribution in [2.75, 3.05) is 11.9 Å². The monoisotopic (exact) mass is 288 g/mol. The van der Waals surface area contributed by atoms with Crippen molar-refractivity contribution in [2.24, 2.45) is 5.73 Å². The van der Waals surface area contributed by atoms with E-state index in [1.807, 2.05) is 12.1 Å². The molecule has 4 nitrogen and oxygen atoms in total. The summed E-state index contributed by atoms with van der Waals surface area (Å²) in [5, 5.41) is 2.70. The number of nitrogens with two attached hydrogens (primary N) is 1. The molecule has 0 atom stereocenters. The summed E-state index contributed by atoms with van der Waals surface area (Å²) in [6, 6.07) is 13.6. The summed E-state index contributed by atoms with van der Waals surface area (Å²) in [6.07, 6.45) is 0. The van der Waals surface area contributed by atoms with Crippen LogP contribution >= 0.6 is 0 Å². The molecular weight excluding hydrogens is 271 g/mol. The quantitative estimate of drug-likeness (QED) is 0.858. The molecule has 110 valence electrons. The largest absolute Gasteiger partial charge is 0.367 e. The van der Waals surface area contributed by atoms with Crippen molar-refractivity contribution in [3.8, 4) is 0 Å². The average Bonchev–Trinajstić information content (AvgIpc) is 2.49. The highest BCUT2D eigenvalue weighted by Crippen LogP contribution is 2.10. The molecule has 1 amide bonds. The normalized spacial score (nSPS) is 10.4. The molecule has 2 aromatic rings. The Morgan fingerprint density at radius 3 is 2.76 bits per heavy atom. The minimum atomic E-state index is -0.339. The van der Waals surface area contributed by atoms with Gasteiger partial charge in [0.2, 0.25) is 5.91 Å². The Kier molecular flexibility index (Phi) is 5.43. The van der Waals surface area contributed by atoms with Gasteiger partial charge in [0.15, 0.2) is 0 Å². The van der Waals surface area contributed by atoms with E-state index in [4.69, 9.17) is 10.5 Å². The lowest BCUT2D eigenvalue weighted by Crippen LogP contribution is -2.18. The fraction of sp³-hybridized carbons (Fsp3) is 0.188. The molecule has 0 saturated heterocycles. The molecule has 21 heavy (non-hydrogen) atoms. The van der Waals surface area contributed by atoms with Crippen LogP contribution in [0.1, 0.15) is 11.1 Å². The lowest BCUT2D eigenvalue weighted by molar-refractivity contribution is -0.121. The number of rotatable bonds is 6. The van der Waals surface area contributed by atoms with Crippen LogP contribution in [-0.4, -0.2) is 12.5 Å². The molecule has 0 radical (unpaired) electrons. The van der Waals surface area contributed by atoms with Crippen LogP contribution in [0, 0.1) is 5.82 Å². The predicted molar refractivity (Wildman–Crippen MR) is 79.0 cm³/mol. The average molecular weight is 288 g/mol. The Morgan fingerprint density at radius 1 is 1.19 bits per heavy atom. The summed E-state index contributed by atoms with van der Waals surface area (Å²) in [5.74, 6) is -0.630. The van der Waals surface area contributed by atoms with Crippen molar-refractivity contribution in [1.29, 1.82) is 0 Å². The van der Waals surface area contributed by atoms with Gasteiger partial charge in [-0.15, -0.1) is 0 Å². The maximum atomic E-state index is 13.4. The van der Waals surface area contributed by atoms with Crippen LogP contribution in [0.15, 0.2) is 48.5 Å². The zero-order valence-corrected chi connectivity index (χ0v) is 11.5. The summed E-state index contributed by atoms with van der Waals surface area (Å²) in [6.45, 7) is 0.331. The molecule has 0 aliphatic carbocycles. The van der Waals surface area contributed by atoms with E-state index in [0.717, 1.165) is 5.56 Å². The topological polar surface area (TPSA) is 64.3 Å². The first-order valence-electron chi connectivity index (χ1n) is 6.59. The molecule has 0 fully saturated rings. The number of hydrogen-bond acceptors (Lipinski definition) is 3. The highest BCUT2D eigenvalue weighted by molar-refractivity contribution is 5.91. The van der Waals surface area contributed by atoms with Crippen molar-refractivity contribution in [1.82, 2.24) is 0 Å². The highest BCUT2D eigenvalue weighted by atomic mass is 19.1.